The molecule has 38 heavy (non-hydrogen) atoms. The Balaban J connectivity index is 1.88. The lowest BCUT2D eigenvalue weighted by molar-refractivity contribution is -0.128. The van der Waals surface area contributed by atoms with E-state index in [2.05, 4.69) is 15.6 Å². The van der Waals surface area contributed by atoms with Crippen molar-refractivity contribution in [3.05, 3.63) is 78.1 Å². The SMILES string of the molecule is COc1ccc(N(C(=O)Cn2nnc3ccccc32)[C@@H](C(=O)NC(C)(C)C)c2ccccc2F)cc1OC. The number of fused-ring (bicyclic) bond motifs is 1. The van der Waals surface area contributed by atoms with Crippen LogP contribution in [-0.4, -0.2) is 46.6 Å². The summed E-state index contributed by atoms with van der Waals surface area (Å²) in [4.78, 5) is 29.1. The van der Waals surface area contributed by atoms with E-state index in [9.17, 15) is 9.59 Å². The van der Waals surface area contributed by atoms with Crippen molar-refractivity contribution in [2.75, 3.05) is 19.1 Å². The number of hydrogen-bond acceptors (Lipinski definition) is 6. The molecule has 0 aliphatic heterocycles. The number of aromatic nitrogens is 3. The van der Waals surface area contributed by atoms with Crippen molar-refractivity contribution in [2.45, 2.75) is 38.9 Å². The molecule has 4 aromatic rings. The Labute approximate surface area is 220 Å². The molecule has 3 aromatic carbocycles. The lowest BCUT2D eigenvalue weighted by atomic mass is 10.00. The molecule has 0 bridgehead atoms. The zero-order valence-electron chi connectivity index (χ0n) is 21.9. The quantitative estimate of drug-likeness (QED) is 0.373. The van der Waals surface area contributed by atoms with Gasteiger partial charge in [0.15, 0.2) is 11.5 Å². The van der Waals surface area contributed by atoms with E-state index in [1.54, 1.807) is 36.4 Å². The van der Waals surface area contributed by atoms with Crippen molar-refractivity contribution in [3.63, 3.8) is 0 Å². The summed E-state index contributed by atoms with van der Waals surface area (Å²) in [6, 6.07) is 16.6. The van der Waals surface area contributed by atoms with Crippen LogP contribution in [0.1, 0.15) is 32.4 Å². The Morgan fingerprint density at radius 1 is 1.00 bits per heavy atom. The summed E-state index contributed by atoms with van der Waals surface area (Å²) >= 11 is 0. The zero-order valence-corrected chi connectivity index (χ0v) is 21.9. The average molecular weight is 520 g/mol. The third kappa shape index (κ3) is 5.59. The van der Waals surface area contributed by atoms with Gasteiger partial charge in [-0.15, -0.1) is 5.10 Å². The van der Waals surface area contributed by atoms with Crippen LogP contribution in [0.5, 0.6) is 11.5 Å². The molecule has 1 atom stereocenters. The molecular weight excluding hydrogens is 489 g/mol. The summed E-state index contributed by atoms with van der Waals surface area (Å²) in [5.74, 6) is -0.893. The van der Waals surface area contributed by atoms with Gasteiger partial charge in [-0.25, -0.2) is 9.07 Å². The van der Waals surface area contributed by atoms with Gasteiger partial charge in [-0.05, 0) is 51.1 Å². The maximum Gasteiger partial charge on any atom is 0.249 e. The number of carbonyl (C=O) groups is 2. The summed E-state index contributed by atoms with van der Waals surface area (Å²) in [6.45, 7) is 5.19. The summed E-state index contributed by atoms with van der Waals surface area (Å²) in [7, 11) is 2.96. The molecule has 9 nitrogen and oxygen atoms in total. The average Bonchev–Trinajstić information content (AvgIpc) is 3.29. The van der Waals surface area contributed by atoms with Gasteiger partial charge in [0.2, 0.25) is 11.8 Å². The van der Waals surface area contributed by atoms with Crippen LogP contribution in [0.4, 0.5) is 10.1 Å². The number of methoxy groups -OCH3 is 2. The number of halogens is 1. The molecule has 0 spiro atoms. The largest absolute Gasteiger partial charge is 0.493 e. The van der Waals surface area contributed by atoms with E-state index in [0.29, 0.717) is 28.2 Å². The van der Waals surface area contributed by atoms with Gasteiger partial charge in [0.25, 0.3) is 0 Å². The second-order valence-electron chi connectivity index (χ2n) is 9.70. The summed E-state index contributed by atoms with van der Waals surface area (Å²) in [5, 5.41) is 11.1. The van der Waals surface area contributed by atoms with Crippen molar-refractivity contribution >= 4 is 28.5 Å². The number of rotatable bonds is 8. The fraction of sp³-hybridized carbons (Fsp3) is 0.286. The number of benzene rings is 3. The summed E-state index contributed by atoms with van der Waals surface area (Å²) < 4.78 is 27.5. The minimum atomic E-state index is -1.34. The van der Waals surface area contributed by atoms with Gasteiger partial charge in [0, 0.05) is 22.9 Å². The van der Waals surface area contributed by atoms with Gasteiger partial charge >= 0.3 is 0 Å². The summed E-state index contributed by atoms with van der Waals surface area (Å²) in [6.07, 6.45) is 0. The molecule has 198 valence electrons. The van der Waals surface area contributed by atoms with Gasteiger partial charge < -0.3 is 14.8 Å². The smallest absolute Gasteiger partial charge is 0.249 e. The molecule has 0 unspecified atom stereocenters. The minimum Gasteiger partial charge on any atom is -0.493 e. The molecule has 1 N–H and O–H groups in total. The third-order valence-electron chi connectivity index (χ3n) is 5.82. The van der Waals surface area contributed by atoms with E-state index in [1.807, 2.05) is 32.9 Å². The molecule has 1 heterocycles. The normalized spacial score (nSPS) is 12.2. The first-order valence-electron chi connectivity index (χ1n) is 12.0. The molecule has 0 aliphatic rings. The maximum atomic E-state index is 15.2. The van der Waals surface area contributed by atoms with Crippen molar-refractivity contribution < 1.29 is 23.5 Å². The molecule has 0 fully saturated rings. The minimum absolute atomic E-state index is 0.0424. The highest BCUT2D eigenvalue weighted by molar-refractivity contribution is 6.02. The van der Waals surface area contributed by atoms with Crippen LogP contribution >= 0.6 is 0 Å². The van der Waals surface area contributed by atoms with Crippen LogP contribution < -0.4 is 19.7 Å². The predicted molar refractivity (Wildman–Crippen MR) is 142 cm³/mol. The van der Waals surface area contributed by atoms with Crippen molar-refractivity contribution in [2.24, 2.45) is 0 Å². The topological polar surface area (TPSA) is 98.6 Å². The van der Waals surface area contributed by atoms with E-state index in [4.69, 9.17) is 9.47 Å². The second kappa shape index (κ2) is 10.9. The second-order valence-corrected chi connectivity index (χ2v) is 9.70. The lowest BCUT2D eigenvalue weighted by Gasteiger charge is -2.34. The van der Waals surface area contributed by atoms with Crippen LogP contribution in [0.15, 0.2) is 66.7 Å². The first kappa shape index (κ1) is 26.6. The van der Waals surface area contributed by atoms with Crippen molar-refractivity contribution in [1.82, 2.24) is 20.3 Å². The highest BCUT2D eigenvalue weighted by Crippen LogP contribution is 2.36. The van der Waals surface area contributed by atoms with Crippen molar-refractivity contribution in [3.8, 4) is 11.5 Å². The monoisotopic (exact) mass is 519 g/mol. The molecule has 0 radical (unpaired) electrons. The number of ether oxygens (including phenoxy) is 2. The lowest BCUT2D eigenvalue weighted by Crippen LogP contribution is -2.50. The first-order chi connectivity index (χ1) is 18.1. The zero-order chi connectivity index (χ0) is 27.4. The van der Waals surface area contributed by atoms with Gasteiger partial charge in [-0.2, -0.15) is 0 Å². The Hall–Kier alpha value is -4.47. The fourth-order valence-corrected chi connectivity index (χ4v) is 4.18. The first-order valence-corrected chi connectivity index (χ1v) is 12.0. The molecule has 4 rings (SSSR count). The van der Waals surface area contributed by atoms with E-state index < -0.39 is 29.2 Å². The van der Waals surface area contributed by atoms with E-state index >= 15 is 4.39 Å². The molecule has 2 amide bonds. The van der Waals surface area contributed by atoms with E-state index in [0.717, 1.165) is 0 Å². The van der Waals surface area contributed by atoms with Gasteiger partial charge in [0.05, 0.1) is 19.7 Å². The van der Waals surface area contributed by atoms with Crippen molar-refractivity contribution in [1.29, 1.82) is 0 Å². The van der Waals surface area contributed by atoms with Crippen LogP contribution in [-0.2, 0) is 16.1 Å². The number of nitrogens with zero attached hydrogens (tertiary/aromatic N) is 4. The number of para-hydroxylation sites is 1. The van der Waals surface area contributed by atoms with Gasteiger partial charge in [-0.3, -0.25) is 14.5 Å². The number of hydrogen-bond donors (Lipinski definition) is 1. The van der Waals surface area contributed by atoms with Crippen LogP contribution in [0.3, 0.4) is 0 Å². The Morgan fingerprint density at radius 2 is 1.68 bits per heavy atom. The molecule has 0 aliphatic carbocycles. The molecule has 0 saturated heterocycles. The predicted octanol–water partition coefficient (Wildman–Crippen LogP) is 4.28. The number of carbonyl (C=O) groups excluding carboxylic acids is 2. The molecular formula is C28H30FN5O4. The highest BCUT2D eigenvalue weighted by atomic mass is 19.1. The standard InChI is InChI=1S/C28H30FN5O4/c1-28(2,3)30-27(36)26(19-10-6-7-11-20(19)29)34(18-14-15-23(37-4)24(16-18)38-5)25(35)17-33-22-13-9-8-12-21(22)31-32-33/h6-16,26H,17H2,1-5H3,(H,30,36)/t26-/m1/s1. The molecule has 0 saturated carbocycles. The van der Waals surface area contributed by atoms with Crippen LogP contribution in [0, 0.1) is 5.82 Å². The fourth-order valence-electron chi connectivity index (χ4n) is 4.18. The van der Waals surface area contributed by atoms with Crippen LogP contribution in [0.2, 0.25) is 0 Å². The maximum absolute atomic E-state index is 15.2. The number of amides is 2. The third-order valence-corrected chi connectivity index (χ3v) is 5.82. The van der Waals surface area contributed by atoms with E-state index in [-0.39, 0.29) is 12.1 Å². The van der Waals surface area contributed by atoms with Gasteiger partial charge in [0.1, 0.15) is 23.9 Å². The molecule has 10 heteroatoms. The molecule has 1 aromatic heterocycles. The number of anilines is 1. The Bertz CT molecular complexity index is 1460. The van der Waals surface area contributed by atoms with E-state index in [1.165, 1.54) is 42.0 Å². The summed E-state index contributed by atoms with van der Waals surface area (Å²) in [5.41, 5.74) is 0.980. The highest BCUT2D eigenvalue weighted by Gasteiger charge is 2.36. The Kier molecular flexibility index (Phi) is 7.61. The number of nitrogens with one attached hydrogen (secondary N) is 1. The Morgan fingerprint density at radius 3 is 2.37 bits per heavy atom. The van der Waals surface area contributed by atoms with Gasteiger partial charge in [-0.1, -0.05) is 35.5 Å². The van der Waals surface area contributed by atoms with Crippen LogP contribution in [0.25, 0.3) is 11.0 Å².